The van der Waals surface area contributed by atoms with Crippen molar-refractivity contribution < 1.29 is 0 Å². The maximum absolute atomic E-state index is 2.35. The van der Waals surface area contributed by atoms with Gasteiger partial charge in [0, 0.05) is 20.2 Å². The summed E-state index contributed by atoms with van der Waals surface area (Å²) < 4.78 is 2.82. The lowest BCUT2D eigenvalue weighted by Gasteiger charge is -2.06. The van der Waals surface area contributed by atoms with Gasteiger partial charge in [0.2, 0.25) is 0 Å². The van der Waals surface area contributed by atoms with Crippen molar-refractivity contribution in [1.82, 2.24) is 0 Å². The van der Waals surface area contributed by atoms with Crippen molar-refractivity contribution in [3.05, 3.63) is 70.8 Å². The Kier molecular flexibility index (Phi) is 3.28. The van der Waals surface area contributed by atoms with Crippen LogP contribution in [0.1, 0.15) is 22.3 Å². The summed E-state index contributed by atoms with van der Waals surface area (Å²) in [6, 6.07) is 18.0. The zero-order valence-corrected chi connectivity index (χ0v) is 14.8. The molecule has 4 aromatic rings. The average molecular weight is 316 g/mol. The Morgan fingerprint density at radius 1 is 0.696 bits per heavy atom. The van der Waals surface area contributed by atoms with Gasteiger partial charge in [0.25, 0.3) is 0 Å². The second kappa shape index (κ2) is 5.21. The number of benzene rings is 3. The third-order valence-electron chi connectivity index (χ3n) is 4.94. The first-order valence-corrected chi connectivity index (χ1v) is 8.86. The molecule has 0 bridgehead atoms. The summed E-state index contributed by atoms with van der Waals surface area (Å²) in [5.41, 5.74) is 8.15. The number of fused-ring (bicyclic) bond motifs is 3. The van der Waals surface area contributed by atoms with Gasteiger partial charge in [-0.15, -0.1) is 11.3 Å². The lowest BCUT2D eigenvalue weighted by atomic mass is 9.99. The highest BCUT2D eigenvalue weighted by molar-refractivity contribution is 7.26. The molecule has 0 saturated carbocycles. The molecule has 0 radical (unpaired) electrons. The lowest BCUT2D eigenvalue weighted by molar-refractivity contribution is 1.31. The Labute approximate surface area is 141 Å². The Morgan fingerprint density at radius 2 is 1.48 bits per heavy atom. The highest BCUT2D eigenvalue weighted by atomic mass is 32.1. The van der Waals surface area contributed by atoms with E-state index in [9.17, 15) is 0 Å². The first-order valence-electron chi connectivity index (χ1n) is 8.04. The number of hydrogen-bond acceptors (Lipinski definition) is 1. The van der Waals surface area contributed by atoms with Crippen LogP contribution in [0.15, 0.2) is 48.5 Å². The summed E-state index contributed by atoms with van der Waals surface area (Å²) in [6.07, 6.45) is 0. The van der Waals surface area contributed by atoms with Gasteiger partial charge in [0.05, 0.1) is 0 Å². The number of thiophene rings is 1. The molecule has 0 atom stereocenters. The van der Waals surface area contributed by atoms with Crippen LogP contribution in [0, 0.1) is 27.7 Å². The van der Waals surface area contributed by atoms with Gasteiger partial charge in [-0.2, -0.15) is 0 Å². The molecule has 4 rings (SSSR count). The molecule has 0 N–H and O–H groups in total. The highest BCUT2D eigenvalue weighted by Gasteiger charge is 2.11. The zero-order chi connectivity index (χ0) is 16.1. The number of hydrogen-bond donors (Lipinski definition) is 0. The fourth-order valence-corrected chi connectivity index (χ4v) is 4.61. The minimum atomic E-state index is 1.30. The van der Waals surface area contributed by atoms with Crippen molar-refractivity contribution in [3.8, 4) is 11.1 Å². The van der Waals surface area contributed by atoms with Gasteiger partial charge < -0.3 is 0 Å². The molecule has 0 aliphatic heterocycles. The summed E-state index contributed by atoms with van der Waals surface area (Å²) >= 11 is 1.92. The van der Waals surface area contributed by atoms with E-state index in [-0.39, 0.29) is 0 Å². The van der Waals surface area contributed by atoms with Crippen LogP contribution in [0.25, 0.3) is 31.3 Å². The Balaban J connectivity index is 2.00. The molecule has 1 heteroatoms. The van der Waals surface area contributed by atoms with Gasteiger partial charge in [-0.05, 0) is 67.6 Å². The van der Waals surface area contributed by atoms with Crippen LogP contribution in [0.3, 0.4) is 0 Å². The van der Waals surface area contributed by atoms with E-state index in [1.54, 1.807) is 0 Å². The van der Waals surface area contributed by atoms with E-state index >= 15 is 0 Å². The molecular weight excluding hydrogens is 296 g/mol. The van der Waals surface area contributed by atoms with Crippen molar-refractivity contribution in [2.24, 2.45) is 0 Å². The average Bonchev–Trinajstić information content (AvgIpc) is 2.91. The molecule has 1 heterocycles. The molecule has 0 unspecified atom stereocenters. The van der Waals surface area contributed by atoms with E-state index < -0.39 is 0 Å². The van der Waals surface area contributed by atoms with Gasteiger partial charge in [0.15, 0.2) is 0 Å². The van der Waals surface area contributed by atoms with Gasteiger partial charge in [0.1, 0.15) is 0 Å². The van der Waals surface area contributed by atoms with Gasteiger partial charge in [-0.3, -0.25) is 0 Å². The molecule has 3 aromatic carbocycles. The molecule has 0 saturated heterocycles. The topological polar surface area (TPSA) is 0 Å². The van der Waals surface area contributed by atoms with E-state index in [4.69, 9.17) is 0 Å². The summed E-state index contributed by atoms with van der Waals surface area (Å²) in [5.74, 6) is 0. The third-order valence-corrected chi connectivity index (χ3v) is 6.22. The molecule has 0 fully saturated rings. The Morgan fingerprint density at radius 3 is 2.26 bits per heavy atom. The number of rotatable bonds is 1. The molecule has 0 nitrogen and oxygen atoms in total. The second-order valence-corrected chi connectivity index (χ2v) is 7.55. The van der Waals surface area contributed by atoms with Crippen molar-refractivity contribution >= 4 is 31.5 Å². The van der Waals surface area contributed by atoms with E-state index in [0.29, 0.717) is 0 Å². The SMILES string of the molecule is Cc1cccc(-c2ccc3c(c2)sc2c(C)c(C)c(C)cc23)c1. The summed E-state index contributed by atoms with van der Waals surface area (Å²) in [5, 5.41) is 2.79. The molecule has 0 aliphatic carbocycles. The van der Waals surface area contributed by atoms with Crippen molar-refractivity contribution in [2.75, 3.05) is 0 Å². The molecular formula is C22H20S. The highest BCUT2D eigenvalue weighted by Crippen LogP contribution is 2.39. The fourth-order valence-electron chi connectivity index (χ4n) is 3.33. The van der Waals surface area contributed by atoms with Crippen LogP contribution in [0.5, 0.6) is 0 Å². The maximum atomic E-state index is 2.35. The van der Waals surface area contributed by atoms with Gasteiger partial charge in [-0.25, -0.2) is 0 Å². The summed E-state index contributed by atoms with van der Waals surface area (Å²) in [6.45, 7) is 8.84. The molecule has 23 heavy (non-hydrogen) atoms. The third kappa shape index (κ3) is 2.27. The Bertz CT molecular complexity index is 1050. The van der Waals surface area contributed by atoms with E-state index in [1.165, 1.54) is 53.6 Å². The van der Waals surface area contributed by atoms with Crippen LogP contribution >= 0.6 is 11.3 Å². The zero-order valence-electron chi connectivity index (χ0n) is 14.0. The maximum Gasteiger partial charge on any atom is 0.0387 e. The smallest absolute Gasteiger partial charge is 0.0387 e. The second-order valence-electron chi connectivity index (χ2n) is 6.50. The van der Waals surface area contributed by atoms with Crippen molar-refractivity contribution in [1.29, 1.82) is 0 Å². The van der Waals surface area contributed by atoms with Gasteiger partial charge >= 0.3 is 0 Å². The van der Waals surface area contributed by atoms with Crippen LogP contribution < -0.4 is 0 Å². The number of aryl methyl sites for hydroxylation is 3. The molecule has 114 valence electrons. The first-order chi connectivity index (χ1) is 11.0. The van der Waals surface area contributed by atoms with E-state index in [1.807, 2.05) is 11.3 Å². The minimum Gasteiger partial charge on any atom is -0.135 e. The Hall–Kier alpha value is -2.12. The minimum absolute atomic E-state index is 1.30. The van der Waals surface area contributed by atoms with Crippen LogP contribution in [0.2, 0.25) is 0 Å². The molecule has 0 amide bonds. The summed E-state index contributed by atoms with van der Waals surface area (Å²) in [7, 11) is 0. The summed E-state index contributed by atoms with van der Waals surface area (Å²) in [4.78, 5) is 0. The predicted octanol–water partition coefficient (Wildman–Crippen LogP) is 6.96. The lowest BCUT2D eigenvalue weighted by Crippen LogP contribution is -1.85. The molecule has 0 spiro atoms. The van der Waals surface area contributed by atoms with Crippen LogP contribution in [0.4, 0.5) is 0 Å². The van der Waals surface area contributed by atoms with E-state index in [2.05, 4.69) is 76.2 Å². The van der Waals surface area contributed by atoms with Crippen LogP contribution in [-0.4, -0.2) is 0 Å². The first kappa shape index (κ1) is 14.5. The molecule has 1 aromatic heterocycles. The molecule has 0 aliphatic rings. The van der Waals surface area contributed by atoms with Crippen molar-refractivity contribution in [2.45, 2.75) is 27.7 Å². The van der Waals surface area contributed by atoms with Gasteiger partial charge in [-0.1, -0.05) is 42.0 Å². The van der Waals surface area contributed by atoms with Crippen molar-refractivity contribution in [3.63, 3.8) is 0 Å². The largest absolute Gasteiger partial charge is 0.135 e. The quantitative estimate of drug-likeness (QED) is 0.356. The standard InChI is InChI=1S/C22H20S/c1-13-6-5-7-17(10-13)18-8-9-19-20-11-14(2)15(3)16(4)22(20)23-21(19)12-18/h5-12H,1-4H3. The predicted molar refractivity (Wildman–Crippen MR) is 104 cm³/mol. The van der Waals surface area contributed by atoms with Crippen LogP contribution in [-0.2, 0) is 0 Å². The monoisotopic (exact) mass is 316 g/mol. The van der Waals surface area contributed by atoms with E-state index in [0.717, 1.165) is 0 Å². The fraction of sp³-hybridized carbons (Fsp3) is 0.182. The normalized spacial score (nSPS) is 11.5.